The number of likely N-dealkylation sites (tertiary alicyclic amines) is 1. The van der Waals surface area contributed by atoms with E-state index in [0.29, 0.717) is 12.0 Å². The smallest absolute Gasteiger partial charge is 0.257 e. The van der Waals surface area contributed by atoms with Crippen molar-refractivity contribution in [1.29, 1.82) is 0 Å². The number of nitrogens with two attached hydrogens (primary N) is 1. The van der Waals surface area contributed by atoms with E-state index in [-0.39, 0.29) is 17.3 Å². The lowest BCUT2D eigenvalue weighted by molar-refractivity contribution is 0.0690. The minimum atomic E-state index is -0.517. The van der Waals surface area contributed by atoms with E-state index < -0.39 is 5.82 Å². The van der Waals surface area contributed by atoms with Crippen LogP contribution in [0, 0.1) is 11.7 Å². The van der Waals surface area contributed by atoms with E-state index in [1.165, 1.54) is 25.3 Å². The number of halogens is 1. The number of amides is 1. The fourth-order valence-corrected chi connectivity index (χ4v) is 3.43. The van der Waals surface area contributed by atoms with E-state index in [1.54, 1.807) is 0 Å². The number of carbonyl (C=O) groups excluding carboxylic acids is 1. The second-order valence-electron chi connectivity index (χ2n) is 5.49. The number of aromatic nitrogens is 1. The van der Waals surface area contributed by atoms with Gasteiger partial charge in [-0.05, 0) is 31.2 Å². The maximum absolute atomic E-state index is 13.2. The second-order valence-corrected chi connectivity index (χ2v) is 5.49. The van der Waals surface area contributed by atoms with Crippen LogP contribution < -0.4 is 5.73 Å². The van der Waals surface area contributed by atoms with E-state index in [9.17, 15) is 9.18 Å². The third-order valence-electron chi connectivity index (χ3n) is 4.39. The molecule has 1 aromatic rings. The topological polar surface area (TPSA) is 59.2 Å². The standard InChI is InChI=1S/C14H18FN3O/c15-10-7-11(13(16)17-8-10)14(19)18-6-5-9-3-1-2-4-12(9)18/h7-9,12H,1-6H2,(H2,16,17). The molecule has 2 aliphatic rings. The molecule has 1 saturated heterocycles. The summed E-state index contributed by atoms with van der Waals surface area (Å²) in [6.07, 6.45) is 6.78. The summed E-state index contributed by atoms with van der Waals surface area (Å²) in [5.74, 6) is 0.0435. The maximum Gasteiger partial charge on any atom is 0.257 e. The zero-order valence-corrected chi connectivity index (χ0v) is 10.8. The molecule has 2 atom stereocenters. The first-order valence-corrected chi connectivity index (χ1v) is 6.89. The second kappa shape index (κ2) is 4.79. The van der Waals surface area contributed by atoms with Crippen LogP contribution in [0.4, 0.5) is 10.2 Å². The summed E-state index contributed by atoms with van der Waals surface area (Å²) >= 11 is 0. The average Bonchev–Trinajstić information content (AvgIpc) is 2.84. The van der Waals surface area contributed by atoms with E-state index in [4.69, 9.17) is 5.73 Å². The van der Waals surface area contributed by atoms with Crippen molar-refractivity contribution in [2.45, 2.75) is 38.1 Å². The highest BCUT2D eigenvalue weighted by molar-refractivity contribution is 5.98. The summed E-state index contributed by atoms with van der Waals surface area (Å²) in [4.78, 5) is 18.1. The van der Waals surface area contributed by atoms with Gasteiger partial charge in [-0.3, -0.25) is 4.79 Å². The number of nitrogen functional groups attached to an aromatic ring is 1. The molecule has 19 heavy (non-hydrogen) atoms. The Labute approximate surface area is 111 Å². The molecular formula is C14H18FN3O. The fourth-order valence-electron chi connectivity index (χ4n) is 3.43. The van der Waals surface area contributed by atoms with Crippen LogP contribution in [0.3, 0.4) is 0 Å². The first kappa shape index (κ1) is 12.4. The number of rotatable bonds is 1. The first-order valence-electron chi connectivity index (χ1n) is 6.89. The molecule has 1 aliphatic carbocycles. The van der Waals surface area contributed by atoms with Gasteiger partial charge in [-0.1, -0.05) is 12.8 Å². The molecule has 1 amide bonds. The van der Waals surface area contributed by atoms with Gasteiger partial charge < -0.3 is 10.6 Å². The lowest BCUT2D eigenvalue weighted by Crippen LogP contribution is -2.39. The van der Waals surface area contributed by atoms with E-state index >= 15 is 0 Å². The van der Waals surface area contributed by atoms with Crippen LogP contribution in [-0.4, -0.2) is 28.4 Å². The Bertz CT molecular complexity index is 505. The quantitative estimate of drug-likeness (QED) is 0.845. The summed E-state index contributed by atoms with van der Waals surface area (Å²) in [7, 11) is 0. The SMILES string of the molecule is Nc1ncc(F)cc1C(=O)N1CCC2CCCCC21. The van der Waals surface area contributed by atoms with Crippen molar-refractivity contribution in [3.63, 3.8) is 0 Å². The molecule has 102 valence electrons. The minimum Gasteiger partial charge on any atom is -0.383 e. The molecule has 0 bridgehead atoms. The molecule has 0 spiro atoms. The predicted octanol–water partition coefficient (Wildman–Crippen LogP) is 2.21. The average molecular weight is 263 g/mol. The molecule has 5 heteroatoms. The largest absolute Gasteiger partial charge is 0.383 e. The van der Waals surface area contributed by atoms with Crippen LogP contribution in [0.1, 0.15) is 42.5 Å². The van der Waals surface area contributed by atoms with Gasteiger partial charge in [0, 0.05) is 12.6 Å². The van der Waals surface area contributed by atoms with Crippen molar-refractivity contribution in [3.05, 3.63) is 23.6 Å². The van der Waals surface area contributed by atoms with E-state index in [1.807, 2.05) is 4.90 Å². The van der Waals surface area contributed by atoms with Gasteiger partial charge in [0.15, 0.2) is 0 Å². The van der Waals surface area contributed by atoms with Gasteiger partial charge in [-0.2, -0.15) is 0 Å². The van der Waals surface area contributed by atoms with Gasteiger partial charge in [-0.25, -0.2) is 9.37 Å². The molecular weight excluding hydrogens is 245 g/mol. The number of nitrogens with zero attached hydrogens (tertiary/aromatic N) is 2. The van der Waals surface area contributed by atoms with Crippen LogP contribution >= 0.6 is 0 Å². The van der Waals surface area contributed by atoms with Crippen LogP contribution in [0.25, 0.3) is 0 Å². The van der Waals surface area contributed by atoms with Gasteiger partial charge >= 0.3 is 0 Å². The van der Waals surface area contributed by atoms with Crippen molar-refractivity contribution in [3.8, 4) is 0 Å². The highest BCUT2D eigenvalue weighted by Crippen LogP contribution is 2.37. The Balaban J connectivity index is 1.85. The molecule has 0 aromatic carbocycles. The molecule has 2 fully saturated rings. The summed E-state index contributed by atoms with van der Waals surface area (Å²) < 4.78 is 13.2. The van der Waals surface area contributed by atoms with Gasteiger partial charge in [0.1, 0.15) is 11.6 Å². The Morgan fingerprint density at radius 2 is 2.16 bits per heavy atom. The van der Waals surface area contributed by atoms with Crippen molar-refractivity contribution < 1.29 is 9.18 Å². The Morgan fingerprint density at radius 1 is 1.37 bits per heavy atom. The zero-order chi connectivity index (χ0) is 13.4. The molecule has 3 rings (SSSR count). The van der Waals surface area contributed by atoms with Crippen LogP contribution in [0.15, 0.2) is 12.3 Å². The highest BCUT2D eigenvalue weighted by Gasteiger charge is 2.38. The lowest BCUT2D eigenvalue weighted by atomic mass is 9.85. The molecule has 1 aliphatic heterocycles. The van der Waals surface area contributed by atoms with Crippen molar-refractivity contribution in [2.24, 2.45) is 5.92 Å². The maximum atomic E-state index is 13.2. The first-order chi connectivity index (χ1) is 9.16. The number of anilines is 1. The normalized spacial score (nSPS) is 26.3. The molecule has 4 nitrogen and oxygen atoms in total. The van der Waals surface area contributed by atoms with E-state index in [0.717, 1.165) is 25.6 Å². The van der Waals surface area contributed by atoms with Crippen LogP contribution in [0.2, 0.25) is 0 Å². The Morgan fingerprint density at radius 3 is 3.00 bits per heavy atom. The summed E-state index contributed by atoms with van der Waals surface area (Å²) in [5.41, 5.74) is 5.90. The number of fused-ring (bicyclic) bond motifs is 1. The van der Waals surface area contributed by atoms with Crippen LogP contribution in [0.5, 0.6) is 0 Å². The minimum absolute atomic E-state index is 0.116. The van der Waals surface area contributed by atoms with Crippen molar-refractivity contribution in [1.82, 2.24) is 9.88 Å². The van der Waals surface area contributed by atoms with Crippen molar-refractivity contribution in [2.75, 3.05) is 12.3 Å². The third kappa shape index (κ3) is 2.17. The number of hydrogen-bond acceptors (Lipinski definition) is 3. The molecule has 1 saturated carbocycles. The van der Waals surface area contributed by atoms with E-state index in [2.05, 4.69) is 4.98 Å². The number of pyridine rings is 1. The Hall–Kier alpha value is -1.65. The Kier molecular flexibility index (Phi) is 3.12. The summed E-state index contributed by atoms with van der Waals surface area (Å²) in [6, 6.07) is 1.50. The van der Waals surface area contributed by atoms with Gasteiger partial charge in [-0.15, -0.1) is 0 Å². The van der Waals surface area contributed by atoms with Gasteiger partial charge in [0.2, 0.25) is 0 Å². The fraction of sp³-hybridized carbons (Fsp3) is 0.571. The van der Waals surface area contributed by atoms with Crippen molar-refractivity contribution >= 4 is 11.7 Å². The monoisotopic (exact) mass is 263 g/mol. The predicted molar refractivity (Wildman–Crippen MR) is 70.0 cm³/mol. The lowest BCUT2D eigenvalue weighted by Gasteiger charge is -2.31. The summed E-state index contributed by atoms with van der Waals surface area (Å²) in [6.45, 7) is 0.754. The number of carbonyl (C=O) groups is 1. The molecule has 0 radical (unpaired) electrons. The highest BCUT2D eigenvalue weighted by atomic mass is 19.1. The number of hydrogen-bond donors (Lipinski definition) is 1. The van der Waals surface area contributed by atoms with Crippen LogP contribution in [-0.2, 0) is 0 Å². The molecule has 2 unspecified atom stereocenters. The van der Waals surface area contributed by atoms with Gasteiger partial charge in [0.05, 0.1) is 11.8 Å². The molecule has 2 N–H and O–H groups in total. The molecule has 1 aromatic heterocycles. The van der Waals surface area contributed by atoms with Gasteiger partial charge in [0.25, 0.3) is 5.91 Å². The third-order valence-corrected chi connectivity index (χ3v) is 4.39. The zero-order valence-electron chi connectivity index (χ0n) is 10.8. The molecule has 2 heterocycles. The summed E-state index contributed by atoms with van der Waals surface area (Å²) in [5, 5.41) is 0.